The Morgan fingerprint density at radius 3 is 1.44 bits per heavy atom. The highest BCUT2D eigenvalue weighted by Gasteiger charge is 2.02. The molecule has 2 unspecified atom stereocenters. The molecule has 0 saturated carbocycles. The molecule has 0 spiro atoms. The van der Waals surface area contributed by atoms with Crippen LogP contribution in [-0.4, -0.2) is 60.6 Å². The molecule has 0 aliphatic carbocycles. The first-order chi connectivity index (χ1) is 8.70. The fourth-order valence-electron chi connectivity index (χ4n) is 1.29. The van der Waals surface area contributed by atoms with E-state index in [0.717, 1.165) is 25.7 Å². The van der Waals surface area contributed by atoms with Crippen molar-refractivity contribution in [2.75, 3.05) is 38.2 Å². The second-order valence-corrected chi connectivity index (χ2v) is 4.80. The molecular weight excluding hydrogens is 279 g/mol. The van der Waals surface area contributed by atoms with E-state index in [9.17, 15) is 0 Å². The van der Waals surface area contributed by atoms with E-state index in [-0.39, 0.29) is 11.8 Å². The topological polar surface area (TPSA) is 58.9 Å². The normalized spacial score (nSPS) is 14.7. The van der Waals surface area contributed by atoms with Gasteiger partial charge in [-0.2, -0.15) is 0 Å². The molecule has 18 heavy (non-hydrogen) atoms. The van der Waals surface area contributed by atoms with E-state index in [1.165, 1.54) is 0 Å². The molecule has 2 atom stereocenters. The minimum Gasteiger partial charge on any atom is -0.389 e. The highest BCUT2D eigenvalue weighted by atomic mass is 35.5. The van der Waals surface area contributed by atoms with E-state index in [2.05, 4.69) is 0 Å². The minimum absolute atomic E-state index is 0.214. The summed E-state index contributed by atoms with van der Waals surface area (Å²) in [6, 6.07) is 0. The lowest BCUT2D eigenvalue weighted by molar-refractivity contribution is 0.0420. The third-order valence-electron chi connectivity index (χ3n) is 2.30. The maximum Gasteiger partial charge on any atom is 0.0908 e. The van der Waals surface area contributed by atoms with E-state index >= 15 is 0 Å². The van der Waals surface area contributed by atoms with E-state index in [4.69, 9.17) is 42.9 Å². The Hall–Kier alpha value is 0.420. The summed E-state index contributed by atoms with van der Waals surface area (Å²) in [5, 5.41) is 18.2. The lowest BCUT2D eigenvalue weighted by Crippen LogP contribution is -2.17. The molecule has 0 rings (SSSR count). The molecule has 0 aliphatic heterocycles. The van der Waals surface area contributed by atoms with Crippen molar-refractivity contribution in [3.63, 3.8) is 0 Å². The quantitative estimate of drug-likeness (QED) is 0.402. The maximum atomic E-state index is 9.12. The fourth-order valence-corrected chi connectivity index (χ4v) is 1.47. The maximum absolute atomic E-state index is 9.12. The third kappa shape index (κ3) is 12.9. The summed E-state index contributed by atoms with van der Waals surface area (Å²) in [4.78, 5) is 0. The van der Waals surface area contributed by atoms with E-state index in [1.54, 1.807) is 0 Å². The van der Waals surface area contributed by atoms with E-state index in [0.29, 0.717) is 26.4 Å². The summed E-state index contributed by atoms with van der Waals surface area (Å²) in [6.07, 6.45) is 2.96. The first-order valence-corrected chi connectivity index (χ1v) is 7.41. The monoisotopic (exact) mass is 302 g/mol. The summed E-state index contributed by atoms with van der Waals surface area (Å²) in [6.45, 7) is 1.92. The fraction of sp³-hybridized carbons (Fsp3) is 1.00. The summed E-state index contributed by atoms with van der Waals surface area (Å²) in [5.41, 5.74) is 0. The molecule has 0 bridgehead atoms. The molecule has 0 saturated heterocycles. The SMILES string of the molecule is OC(CCl)COCCCCCCOCC(O)CCl. The predicted octanol–water partition coefficient (Wildman–Crippen LogP) is 1.78. The van der Waals surface area contributed by atoms with Gasteiger partial charge >= 0.3 is 0 Å². The van der Waals surface area contributed by atoms with Crippen LogP contribution in [0.1, 0.15) is 25.7 Å². The zero-order chi connectivity index (χ0) is 13.6. The molecule has 0 radical (unpaired) electrons. The molecule has 4 nitrogen and oxygen atoms in total. The molecule has 0 heterocycles. The van der Waals surface area contributed by atoms with Crippen molar-refractivity contribution in [3.05, 3.63) is 0 Å². The van der Waals surface area contributed by atoms with Gasteiger partial charge in [0, 0.05) is 13.2 Å². The average molecular weight is 303 g/mol. The Balaban J connectivity index is 3.03. The molecule has 0 fully saturated rings. The molecule has 2 N–H and O–H groups in total. The molecule has 6 heteroatoms. The van der Waals surface area contributed by atoms with Gasteiger partial charge in [-0.25, -0.2) is 0 Å². The van der Waals surface area contributed by atoms with Gasteiger partial charge in [0.2, 0.25) is 0 Å². The van der Waals surface area contributed by atoms with Crippen molar-refractivity contribution in [2.24, 2.45) is 0 Å². The van der Waals surface area contributed by atoms with Gasteiger partial charge in [-0.05, 0) is 12.8 Å². The molecule has 0 aromatic carbocycles. The Morgan fingerprint density at radius 2 is 1.11 bits per heavy atom. The van der Waals surface area contributed by atoms with Gasteiger partial charge in [0.25, 0.3) is 0 Å². The van der Waals surface area contributed by atoms with Crippen LogP contribution in [0.3, 0.4) is 0 Å². The van der Waals surface area contributed by atoms with E-state index in [1.807, 2.05) is 0 Å². The lowest BCUT2D eigenvalue weighted by atomic mass is 10.2. The van der Waals surface area contributed by atoms with Gasteiger partial charge in [0.05, 0.1) is 37.2 Å². The molecule has 0 amide bonds. The molecule has 0 aliphatic rings. The average Bonchev–Trinajstić information content (AvgIpc) is 2.40. The van der Waals surface area contributed by atoms with Gasteiger partial charge in [-0.15, -0.1) is 23.2 Å². The van der Waals surface area contributed by atoms with Crippen molar-refractivity contribution in [2.45, 2.75) is 37.9 Å². The Bertz CT molecular complexity index is 154. The van der Waals surface area contributed by atoms with E-state index < -0.39 is 12.2 Å². The number of halogens is 2. The Morgan fingerprint density at radius 1 is 0.722 bits per heavy atom. The zero-order valence-corrected chi connectivity index (χ0v) is 12.2. The Kier molecular flexibility index (Phi) is 14.2. The first-order valence-electron chi connectivity index (χ1n) is 6.34. The number of unbranched alkanes of at least 4 members (excludes halogenated alkanes) is 3. The van der Waals surface area contributed by atoms with Crippen molar-refractivity contribution in [3.8, 4) is 0 Å². The van der Waals surface area contributed by atoms with Crippen LogP contribution in [0.2, 0.25) is 0 Å². The van der Waals surface area contributed by atoms with Gasteiger partial charge in [-0.3, -0.25) is 0 Å². The van der Waals surface area contributed by atoms with Crippen LogP contribution < -0.4 is 0 Å². The third-order valence-corrected chi connectivity index (χ3v) is 3.02. The van der Waals surface area contributed by atoms with Crippen molar-refractivity contribution >= 4 is 23.2 Å². The highest BCUT2D eigenvalue weighted by Crippen LogP contribution is 2.01. The van der Waals surface area contributed by atoms with Crippen molar-refractivity contribution in [1.29, 1.82) is 0 Å². The van der Waals surface area contributed by atoms with Gasteiger partial charge < -0.3 is 19.7 Å². The molecule has 110 valence electrons. The van der Waals surface area contributed by atoms with Crippen molar-refractivity contribution in [1.82, 2.24) is 0 Å². The second kappa shape index (κ2) is 13.8. The van der Waals surface area contributed by atoms with Crippen LogP contribution >= 0.6 is 23.2 Å². The van der Waals surface area contributed by atoms with Crippen LogP contribution in [-0.2, 0) is 9.47 Å². The molecule has 0 aromatic heterocycles. The number of aliphatic hydroxyl groups is 2. The number of hydrogen-bond donors (Lipinski definition) is 2. The summed E-state index contributed by atoms with van der Waals surface area (Å²) >= 11 is 10.9. The number of aliphatic hydroxyl groups excluding tert-OH is 2. The largest absolute Gasteiger partial charge is 0.389 e. The molecule has 0 aromatic rings. The lowest BCUT2D eigenvalue weighted by Gasteiger charge is -2.08. The van der Waals surface area contributed by atoms with Crippen molar-refractivity contribution < 1.29 is 19.7 Å². The zero-order valence-electron chi connectivity index (χ0n) is 10.7. The number of hydrogen-bond acceptors (Lipinski definition) is 4. The van der Waals surface area contributed by atoms with Crippen LogP contribution in [0.25, 0.3) is 0 Å². The summed E-state index contributed by atoms with van der Waals surface area (Å²) in [5.74, 6) is 0.428. The van der Waals surface area contributed by atoms with Gasteiger partial charge in [-0.1, -0.05) is 12.8 Å². The smallest absolute Gasteiger partial charge is 0.0908 e. The number of alkyl halides is 2. The number of ether oxygens (including phenoxy) is 2. The number of rotatable bonds is 13. The van der Waals surface area contributed by atoms with Crippen LogP contribution in [0.5, 0.6) is 0 Å². The van der Waals surface area contributed by atoms with Crippen LogP contribution in [0.4, 0.5) is 0 Å². The Labute approximate surface area is 119 Å². The molecular formula is C12H24Cl2O4. The highest BCUT2D eigenvalue weighted by molar-refractivity contribution is 6.18. The second-order valence-electron chi connectivity index (χ2n) is 4.18. The predicted molar refractivity (Wildman–Crippen MR) is 73.6 cm³/mol. The van der Waals surface area contributed by atoms with Crippen LogP contribution in [0.15, 0.2) is 0 Å². The first kappa shape index (κ1) is 18.4. The minimum atomic E-state index is -0.562. The van der Waals surface area contributed by atoms with Crippen LogP contribution in [0, 0.1) is 0 Å². The van der Waals surface area contributed by atoms with Gasteiger partial charge in [0.15, 0.2) is 0 Å². The van der Waals surface area contributed by atoms with Gasteiger partial charge in [0.1, 0.15) is 0 Å². The summed E-state index contributed by atoms with van der Waals surface area (Å²) in [7, 11) is 0. The summed E-state index contributed by atoms with van der Waals surface area (Å²) < 4.78 is 10.5. The standard InChI is InChI=1S/C12H24Cl2O4/c13-7-11(15)9-17-5-3-1-2-4-6-18-10-12(16)8-14/h11-12,15-16H,1-10H2.